The zero-order valence-corrected chi connectivity index (χ0v) is 13.7. The number of hydrogen-bond donors (Lipinski definition) is 1. The van der Waals surface area contributed by atoms with Gasteiger partial charge in [0.15, 0.2) is 0 Å². The highest BCUT2D eigenvalue weighted by Gasteiger charge is 2.27. The first-order valence-electron chi connectivity index (χ1n) is 7.79. The molecule has 3 nitrogen and oxygen atoms in total. The van der Waals surface area contributed by atoms with E-state index in [-0.39, 0.29) is 11.3 Å². The monoisotopic (exact) mass is 304 g/mol. The van der Waals surface area contributed by atoms with Gasteiger partial charge in [-0.15, -0.1) is 0 Å². The van der Waals surface area contributed by atoms with Gasteiger partial charge in [-0.1, -0.05) is 37.8 Å². The molecule has 0 bridgehead atoms. The molecule has 0 unspecified atom stereocenters. The number of rotatable bonds is 0. The molecule has 0 fully saturated rings. The van der Waals surface area contributed by atoms with Crippen molar-refractivity contribution in [2.24, 2.45) is 5.41 Å². The van der Waals surface area contributed by atoms with E-state index in [1.165, 1.54) is 5.56 Å². The van der Waals surface area contributed by atoms with Gasteiger partial charge in [-0.2, -0.15) is 0 Å². The van der Waals surface area contributed by atoms with Crippen LogP contribution in [0.15, 0.2) is 36.5 Å². The summed E-state index contributed by atoms with van der Waals surface area (Å²) in [5, 5.41) is 2.97. The molecule has 2 heterocycles. The number of aromatic nitrogens is 1. The lowest BCUT2D eigenvalue weighted by Crippen LogP contribution is -2.31. The maximum Gasteiger partial charge on any atom is 0.253 e. The van der Waals surface area contributed by atoms with Crippen molar-refractivity contribution >= 4 is 5.91 Å². The first kappa shape index (κ1) is 15.3. The number of benzene rings is 1. The van der Waals surface area contributed by atoms with E-state index >= 15 is 0 Å². The predicted octanol–water partition coefficient (Wildman–Crippen LogP) is 3.10. The van der Waals surface area contributed by atoms with Crippen LogP contribution >= 0.6 is 0 Å². The maximum absolute atomic E-state index is 12.3. The summed E-state index contributed by atoms with van der Waals surface area (Å²) in [7, 11) is 0. The molecule has 0 radical (unpaired) electrons. The SMILES string of the molecule is Cc1cccc(C#Cc2cnc3c(c2)C(=O)NCC(C)(C)C3)c1. The average Bonchev–Trinajstić information content (AvgIpc) is 2.62. The largest absolute Gasteiger partial charge is 0.351 e. The molecule has 3 rings (SSSR count). The lowest BCUT2D eigenvalue weighted by molar-refractivity contribution is 0.0944. The van der Waals surface area contributed by atoms with Crippen LogP contribution in [-0.4, -0.2) is 17.4 Å². The summed E-state index contributed by atoms with van der Waals surface area (Å²) < 4.78 is 0. The number of carbonyl (C=O) groups is 1. The Labute approximate surface area is 137 Å². The summed E-state index contributed by atoms with van der Waals surface area (Å²) in [6.45, 7) is 6.97. The van der Waals surface area contributed by atoms with E-state index in [9.17, 15) is 4.79 Å². The van der Waals surface area contributed by atoms with Crippen LogP contribution in [0.3, 0.4) is 0 Å². The number of nitrogens with zero attached hydrogens (tertiary/aromatic N) is 1. The second-order valence-electron chi connectivity index (χ2n) is 6.86. The van der Waals surface area contributed by atoms with Crippen molar-refractivity contribution in [2.45, 2.75) is 27.2 Å². The minimum absolute atomic E-state index is 0.0165. The van der Waals surface area contributed by atoms with E-state index in [0.717, 1.165) is 23.2 Å². The van der Waals surface area contributed by atoms with Gasteiger partial charge in [-0.25, -0.2) is 0 Å². The zero-order valence-electron chi connectivity index (χ0n) is 13.7. The fraction of sp³-hybridized carbons (Fsp3) is 0.300. The van der Waals surface area contributed by atoms with Crippen molar-refractivity contribution in [1.82, 2.24) is 10.3 Å². The lowest BCUT2D eigenvalue weighted by Gasteiger charge is -2.21. The van der Waals surface area contributed by atoms with Crippen molar-refractivity contribution in [1.29, 1.82) is 0 Å². The first-order chi connectivity index (χ1) is 10.9. The Morgan fingerprint density at radius 3 is 2.74 bits per heavy atom. The van der Waals surface area contributed by atoms with Gasteiger partial charge in [0.1, 0.15) is 0 Å². The van der Waals surface area contributed by atoms with Gasteiger partial charge in [0, 0.05) is 23.9 Å². The average molecular weight is 304 g/mol. The predicted molar refractivity (Wildman–Crippen MR) is 91.2 cm³/mol. The summed E-state index contributed by atoms with van der Waals surface area (Å²) in [4.78, 5) is 16.8. The number of carbonyl (C=O) groups excluding carboxylic acids is 1. The highest BCUT2D eigenvalue weighted by Crippen LogP contribution is 2.25. The van der Waals surface area contributed by atoms with Gasteiger partial charge in [0.25, 0.3) is 5.91 Å². The first-order valence-corrected chi connectivity index (χ1v) is 7.79. The molecule has 1 aliphatic heterocycles. The third kappa shape index (κ3) is 3.60. The fourth-order valence-corrected chi connectivity index (χ4v) is 2.70. The molecule has 1 N–H and O–H groups in total. The number of nitrogens with one attached hydrogen (secondary N) is 1. The Morgan fingerprint density at radius 2 is 1.96 bits per heavy atom. The van der Waals surface area contributed by atoms with Crippen LogP contribution in [0.2, 0.25) is 0 Å². The van der Waals surface area contributed by atoms with E-state index in [1.54, 1.807) is 6.20 Å². The van der Waals surface area contributed by atoms with Gasteiger partial charge in [0.2, 0.25) is 0 Å². The molecule has 3 heteroatoms. The van der Waals surface area contributed by atoms with Crippen molar-refractivity contribution in [3.8, 4) is 11.8 Å². The van der Waals surface area contributed by atoms with Crippen molar-refractivity contribution in [3.63, 3.8) is 0 Å². The highest BCUT2D eigenvalue weighted by atomic mass is 16.1. The summed E-state index contributed by atoms with van der Waals surface area (Å²) in [5.41, 5.74) is 4.42. The molecule has 116 valence electrons. The van der Waals surface area contributed by atoms with Gasteiger partial charge in [-0.3, -0.25) is 9.78 Å². The smallest absolute Gasteiger partial charge is 0.253 e. The summed E-state index contributed by atoms with van der Waals surface area (Å²) in [6, 6.07) is 9.90. The lowest BCUT2D eigenvalue weighted by atomic mass is 9.87. The van der Waals surface area contributed by atoms with E-state index in [1.807, 2.05) is 37.3 Å². The summed E-state index contributed by atoms with van der Waals surface area (Å²) >= 11 is 0. The van der Waals surface area contributed by atoms with Crippen LogP contribution in [0.4, 0.5) is 0 Å². The van der Waals surface area contributed by atoms with Crippen LogP contribution in [0, 0.1) is 24.2 Å². The molecule has 1 aromatic heterocycles. The third-order valence-corrected chi connectivity index (χ3v) is 3.96. The number of aryl methyl sites for hydroxylation is 1. The molecule has 0 spiro atoms. The number of pyridine rings is 1. The molecule has 0 atom stereocenters. The molecule has 23 heavy (non-hydrogen) atoms. The number of amides is 1. The summed E-state index contributed by atoms with van der Waals surface area (Å²) in [6.07, 6.45) is 2.54. The molecule has 1 amide bonds. The fourth-order valence-electron chi connectivity index (χ4n) is 2.70. The van der Waals surface area contributed by atoms with Crippen LogP contribution in [-0.2, 0) is 6.42 Å². The molecule has 0 aliphatic carbocycles. The van der Waals surface area contributed by atoms with Crippen LogP contribution in [0.5, 0.6) is 0 Å². The van der Waals surface area contributed by atoms with Crippen molar-refractivity contribution in [2.75, 3.05) is 6.54 Å². The van der Waals surface area contributed by atoms with Crippen LogP contribution in [0.25, 0.3) is 0 Å². The second-order valence-corrected chi connectivity index (χ2v) is 6.86. The van der Waals surface area contributed by atoms with E-state index in [0.29, 0.717) is 12.1 Å². The minimum Gasteiger partial charge on any atom is -0.351 e. The van der Waals surface area contributed by atoms with Gasteiger partial charge in [-0.05, 0) is 42.5 Å². The Hall–Kier alpha value is -2.60. The standard InChI is InChI=1S/C20H20N2O/c1-14-5-4-6-15(9-14)7-8-16-10-17-18(21-12-16)11-20(2,3)13-22-19(17)23/h4-6,9-10,12H,11,13H2,1-3H3,(H,22,23). The van der Waals surface area contributed by atoms with Gasteiger partial charge < -0.3 is 5.32 Å². The van der Waals surface area contributed by atoms with E-state index in [2.05, 4.69) is 36.0 Å². The Balaban J connectivity index is 1.94. The van der Waals surface area contributed by atoms with Crippen LogP contribution < -0.4 is 5.32 Å². The quantitative estimate of drug-likeness (QED) is 0.760. The topological polar surface area (TPSA) is 42.0 Å². The second kappa shape index (κ2) is 5.89. The number of hydrogen-bond acceptors (Lipinski definition) is 2. The molecule has 2 aromatic rings. The molecule has 1 aliphatic rings. The van der Waals surface area contributed by atoms with Gasteiger partial charge in [0.05, 0.1) is 11.3 Å². The molecule has 0 saturated carbocycles. The Kier molecular flexibility index (Phi) is 3.92. The molecular formula is C20H20N2O. The normalized spacial score (nSPS) is 15.7. The number of fused-ring (bicyclic) bond motifs is 1. The summed E-state index contributed by atoms with van der Waals surface area (Å²) in [5.74, 6) is 6.18. The van der Waals surface area contributed by atoms with Crippen LogP contribution in [0.1, 0.15) is 46.6 Å². The molecular weight excluding hydrogens is 284 g/mol. The van der Waals surface area contributed by atoms with Crippen molar-refractivity contribution in [3.05, 3.63) is 64.5 Å². The highest BCUT2D eigenvalue weighted by molar-refractivity contribution is 5.96. The minimum atomic E-state index is -0.0581. The Morgan fingerprint density at radius 1 is 1.17 bits per heavy atom. The van der Waals surface area contributed by atoms with E-state index in [4.69, 9.17) is 0 Å². The maximum atomic E-state index is 12.3. The molecule has 0 saturated heterocycles. The Bertz CT molecular complexity index is 825. The van der Waals surface area contributed by atoms with Gasteiger partial charge >= 0.3 is 0 Å². The molecule has 1 aromatic carbocycles. The third-order valence-electron chi connectivity index (χ3n) is 3.96. The zero-order chi connectivity index (χ0) is 16.4. The van der Waals surface area contributed by atoms with Crippen molar-refractivity contribution < 1.29 is 4.79 Å². The van der Waals surface area contributed by atoms with E-state index < -0.39 is 0 Å².